The van der Waals surface area contributed by atoms with Gasteiger partial charge in [-0.25, -0.2) is 4.39 Å². The first-order chi connectivity index (χ1) is 14.0. The Bertz CT molecular complexity index is 1040. The smallest absolute Gasteiger partial charge is 0.228 e. The maximum Gasteiger partial charge on any atom is 0.228 e. The van der Waals surface area contributed by atoms with Crippen LogP contribution in [0.3, 0.4) is 0 Å². The number of nitrogens with zero attached hydrogens (tertiary/aromatic N) is 1. The third-order valence-electron chi connectivity index (χ3n) is 5.97. The van der Waals surface area contributed by atoms with Gasteiger partial charge < -0.3 is 19.9 Å². The maximum absolute atomic E-state index is 14.0. The van der Waals surface area contributed by atoms with Gasteiger partial charge in [0.15, 0.2) is 0 Å². The first-order valence-corrected chi connectivity index (χ1v) is 9.95. The molecule has 1 aliphatic rings. The summed E-state index contributed by atoms with van der Waals surface area (Å²) in [7, 11) is 3.61. The average Bonchev–Trinajstić information content (AvgIpc) is 3.01. The van der Waals surface area contributed by atoms with Gasteiger partial charge in [0.1, 0.15) is 11.6 Å². The molecule has 0 bridgehead atoms. The topological polar surface area (TPSA) is 55.3 Å². The van der Waals surface area contributed by atoms with Crippen LogP contribution in [0.1, 0.15) is 30.5 Å². The van der Waals surface area contributed by atoms with Crippen LogP contribution in [-0.2, 0) is 18.4 Å². The van der Waals surface area contributed by atoms with Crippen LogP contribution < -0.4 is 15.4 Å². The first-order valence-electron chi connectivity index (χ1n) is 9.95. The summed E-state index contributed by atoms with van der Waals surface area (Å²) < 4.78 is 21.3. The molecular formula is C23H26FN3O2. The van der Waals surface area contributed by atoms with Crippen molar-refractivity contribution in [3.8, 4) is 5.75 Å². The zero-order valence-electron chi connectivity index (χ0n) is 17.0. The molecule has 1 aromatic heterocycles. The predicted octanol–water partition coefficient (Wildman–Crippen LogP) is 4.18. The van der Waals surface area contributed by atoms with E-state index in [1.54, 1.807) is 13.2 Å². The van der Waals surface area contributed by atoms with E-state index in [-0.39, 0.29) is 23.6 Å². The molecule has 0 saturated heterocycles. The lowest BCUT2D eigenvalue weighted by molar-refractivity contribution is -0.120. The van der Waals surface area contributed by atoms with Crippen LogP contribution >= 0.6 is 0 Å². The number of benzene rings is 2. The second-order valence-electron chi connectivity index (χ2n) is 7.55. The number of methoxy groups -OCH3 is 1. The molecule has 2 atom stereocenters. The summed E-state index contributed by atoms with van der Waals surface area (Å²) in [4.78, 5) is 13.2. The minimum atomic E-state index is -0.251. The Morgan fingerprint density at radius 1 is 1.31 bits per heavy atom. The molecular weight excluding hydrogens is 369 g/mol. The van der Waals surface area contributed by atoms with E-state index in [2.05, 4.69) is 15.2 Å². The largest absolute Gasteiger partial charge is 0.497 e. The van der Waals surface area contributed by atoms with Crippen molar-refractivity contribution in [2.75, 3.05) is 19.0 Å². The number of fused-ring (bicyclic) bond motifs is 3. The summed E-state index contributed by atoms with van der Waals surface area (Å²) in [6, 6.07) is 12.2. The van der Waals surface area contributed by atoms with Crippen LogP contribution in [-0.4, -0.2) is 24.1 Å². The number of carbonyl (C=O) groups excluding carboxylic acids is 1. The summed E-state index contributed by atoms with van der Waals surface area (Å²) in [5.74, 6) is 0.226. The zero-order valence-corrected chi connectivity index (χ0v) is 17.0. The van der Waals surface area contributed by atoms with Crippen LogP contribution in [0.5, 0.6) is 5.75 Å². The standard InChI is InChI=1S/C23H26FN3O2/c1-4-17(23(28)26-15-6-8-16(29-3)9-7-15)19-12-25-13-21-22(19)18-11-14(24)5-10-20(18)27(21)2/h5-11,17,19,25H,4,12-13H2,1-3H3,(H,26,28). The molecule has 1 amide bonds. The Labute approximate surface area is 169 Å². The van der Waals surface area contributed by atoms with E-state index < -0.39 is 0 Å². The second kappa shape index (κ2) is 7.87. The summed E-state index contributed by atoms with van der Waals surface area (Å²) in [6.07, 6.45) is 0.694. The molecule has 1 aliphatic heterocycles. The third kappa shape index (κ3) is 3.49. The van der Waals surface area contributed by atoms with Crippen LogP contribution in [0.25, 0.3) is 10.9 Å². The third-order valence-corrected chi connectivity index (χ3v) is 5.97. The molecule has 0 radical (unpaired) electrons. The van der Waals surface area contributed by atoms with E-state index >= 15 is 0 Å². The number of hydrogen-bond acceptors (Lipinski definition) is 3. The van der Waals surface area contributed by atoms with Gasteiger partial charge in [-0.3, -0.25) is 4.79 Å². The predicted molar refractivity (Wildman–Crippen MR) is 113 cm³/mol. The molecule has 0 spiro atoms. The number of aryl methyl sites for hydroxylation is 1. The first kappa shape index (κ1) is 19.5. The fraction of sp³-hybridized carbons (Fsp3) is 0.348. The molecule has 152 valence electrons. The fourth-order valence-electron chi connectivity index (χ4n) is 4.48. The molecule has 29 heavy (non-hydrogen) atoms. The van der Waals surface area contributed by atoms with E-state index in [9.17, 15) is 9.18 Å². The lowest BCUT2D eigenvalue weighted by Gasteiger charge is -2.31. The highest BCUT2D eigenvalue weighted by Crippen LogP contribution is 2.39. The number of amides is 1. The van der Waals surface area contributed by atoms with Crippen molar-refractivity contribution in [3.05, 3.63) is 59.5 Å². The number of halogens is 1. The molecule has 5 nitrogen and oxygen atoms in total. The highest BCUT2D eigenvalue weighted by Gasteiger charge is 2.35. The molecule has 4 rings (SSSR count). The van der Waals surface area contributed by atoms with Crippen molar-refractivity contribution in [1.29, 1.82) is 0 Å². The number of anilines is 1. The van der Waals surface area contributed by atoms with Gasteiger partial charge in [0.05, 0.1) is 7.11 Å². The summed E-state index contributed by atoms with van der Waals surface area (Å²) in [6.45, 7) is 3.44. The summed E-state index contributed by atoms with van der Waals surface area (Å²) >= 11 is 0. The van der Waals surface area contributed by atoms with Gasteiger partial charge in [-0.2, -0.15) is 0 Å². The van der Waals surface area contributed by atoms with Crippen molar-refractivity contribution in [3.63, 3.8) is 0 Å². The van der Waals surface area contributed by atoms with E-state index in [1.165, 1.54) is 6.07 Å². The number of carbonyl (C=O) groups is 1. The molecule has 0 saturated carbocycles. The average molecular weight is 395 g/mol. The van der Waals surface area contributed by atoms with E-state index in [0.717, 1.165) is 40.1 Å². The highest BCUT2D eigenvalue weighted by molar-refractivity contribution is 5.94. The minimum Gasteiger partial charge on any atom is -0.497 e. The molecule has 3 aromatic rings. The number of ether oxygens (including phenoxy) is 1. The highest BCUT2D eigenvalue weighted by atomic mass is 19.1. The molecule has 0 aliphatic carbocycles. The molecule has 6 heteroatoms. The van der Waals surface area contributed by atoms with Gasteiger partial charge in [0.2, 0.25) is 5.91 Å². The van der Waals surface area contributed by atoms with E-state index in [0.29, 0.717) is 13.0 Å². The molecule has 2 unspecified atom stereocenters. The lowest BCUT2D eigenvalue weighted by atomic mass is 9.80. The molecule has 2 N–H and O–H groups in total. The van der Waals surface area contributed by atoms with Crippen molar-refractivity contribution >= 4 is 22.5 Å². The van der Waals surface area contributed by atoms with Gasteiger partial charge in [-0.05, 0) is 54.4 Å². The monoisotopic (exact) mass is 395 g/mol. The van der Waals surface area contributed by atoms with E-state index in [1.807, 2.05) is 44.3 Å². The van der Waals surface area contributed by atoms with Crippen LogP contribution in [0.2, 0.25) is 0 Å². The zero-order chi connectivity index (χ0) is 20.5. The van der Waals surface area contributed by atoms with Crippen molar-refractivity contribution in [2.24, 2.45) is 13.0 Å². The Balaban J connectivity index is 1.68. The number of nitrogens with one attached hydrogen (secondary N) is 2. The number of rotatable bonds is 5. The minimum absolute atomic E-state index is 0.0208. The quantitative estimate of drug-likeness (QED) is 0.682. The van der Waals surface area contributed by atoms with Crippen molar-refractivity contribution in [1.82, 2.24) is 9.88 Å². The number of aromatic nitrogens is 1. The fourth-order valence-corrected chi connectivity index (χ4v) is 4.48. The van der Waals surface area contributed by atoms with Gasteiger partial charge in [0.25, 0.3) is 0 Å². The molecule has 0 fully saturated rings. The van der Waals surface area contributed by atoms with Crippen LogP contribution in [0.15, 0.2) is 42.5 Å². The summed E-state index contributed by atoms with van der Waals surface area (Å²) in [5, 5.41) is 7.39. The van der Waals surface area contributed by atoms with Crippen molar-refractivity contribution < 1.29 is 13.9 Å². The Hall–Kier alpha value is -2.86. The van der Waals surface area contributed by atoms with Gasteiger partial charge in [0, 0.05) is 54.3 Å². The maximum atomic E-state index is 14.0. The SMILES string of the molecule is CCC(C(=O)Nc1ccc(OC)cc1)C1CNCc2c1c1cc(F)ccc1n2C. The van der Waals surface area contributed by atoms with Gasteiger partial charge in [-0.1, -0.05) is 6.92 Å². The molecule has 2 aromatic carbocycles. The Kier molecular flexibility index (Phi) is 5.28. The Morgan fingerprint density at radius 3 is 2.76 bits per heavy atom. The van der Waals surface area contributed by atoms with Gasteiger partial charge >= 0.3 is 0 Å². The number of hydrogen-bond donors (Lipinski definition) is 2. The van der Waals surface area contributed by atoms with E-state index in [4.69, 9.17) is 4.74 Å². The van der Waals surface area contributed by atoms with Crippen LogP contribution in [0, 0.1) is 11.7 Å². The normalized spacial score (nSPS) is 17.0. The molecule has 2 heterocycles. The van der Waals surface area contributed by atoms with Gasteiger partial charge in [-0.15, -0.1) is 0 Å². The van der Waals surface area contributed by atoms with Crippen LogP contribution in [0.4, 0.5) is 10.1 Å². The Morgan fingerprint density at radius 2 is 2.07 bits per heavy atom. The van der Waals surface area contributed by atoms with Crippen molar-refractivity contribution in [2.45, 2.75) is 25.8 Å². The summed E-state index contributed by atoms with van der Waals surface area (Å²) in [5.41, 5.74) is 3.95. The second-order valence-corrected chi connectivity index (χ2v) is 7.55. The lowest BCUT2D eigenvalue weighted by Crippen LogP contribution is -2.37.